The highest BCUT2D eigenvalue weighted by Crippen LogP contribution is 2.27. The molecule has 1 fully saturated rings. The van der Waals surface area contributed by atoms with E-state index in [0.29, 0.717) is 22.0 Å². The molecule has 0 spiro atoms. The number of piperazine rings is 1. The number of carbonyl (C=O) groups is 1. The van der Waals surface area contributed by atoms with Gasteiger partial charge in [0, 0.05) is 36.0 Å². The summed E-state index contributed by atoms with van der Waals surface area (Å²) in [6, 6.07) is 9.78. The molecule has 9 nitrogen and oxygen atoms in total. The predicted octanol–water partition coefficient (Wildman–Crippen LogP) is 4.84. The van der Waals surface area contributed by atoms with Crippen molar-refractivity contribution in [2.75, 3.05) is 29.0 Å². The normalized spacial score (nSPS) is 18.8. The second-order valence-electron chi connectivity index (χ2n) is 9.62. The van der Waals surface area contributed by atoms with Crippen molar-refractivity contribution >= 4 is 51.9 Å². The standard InChI is InChI=1S/C24H30ClN7O2/c1-14-12-31(13-15(2)32(14)23(33)34-24(3,4)5)18-8-6-17(7-9-18)28-22-27-11-16-10-19(25)20(26)29-21(16)30-22/h6-11,14-15H,12-13H2,1-5H3,(H3,26,27,28,29,30)/t14-,15+. The van der Waals surface area contributed by atoms with Crippen molar-refractivity contribution in [2.24, 2.45) is 0 Å². The lowest BCUT2D eigenvalue weighted by Gasteiger charge is -2.45. The molecule has 1 aliphatic rings. The fourth-order valence-corrected chi connectivity index (χ4v) is 4.26. The third-order valence-corrected chi connectivity index (χ3v) is 5.86. The Balaban J connectivity index is 1.43. The number of rotatable bonds is 3. The number of ether oxygens (including phenoxy) is 1. The molecule has 1 aliphatic heterocycles. The van der Waals surface area contributed by atoms with Crippen LogP contribution in [-0.2, 0) is 4.74 Å². The number of nitrogens with zero attached hydrogens (tertiary/aromatic N) is 5. The lowest BCUT2D eigenvalue weighted by atomic mass is 10.1. The lowest BCUT2D eigenvalue weighted by Crippen LogP contribution is -2.59. The average Bonchev–Trinajstić information content (AvgIpc) is 2.73. The van der Waals surface area contributed by atoms with Crippen molar-refractivity contribution in [1.29, 1.82) is 0 Å². The van der Waals surface area contributed by atoms with Crippen LogP contribution in [0.2, 0.25) is 5.02 Å². The summed E-state index contributed by atoms with van der Waals surface area (Å²) in [4.78, 5) is 29.7. The molecule has 0 unspecified atom stereocenters. The van der Waals surface area contributed by atoms with Crippen molar-refractivity contribution < 1.29 is 9.53 Å². The van der Waals surface area contributed by atoms with Gasteiger partial charge in [-0.2, -0.15) is 4.98 Å². The Morgan fingerprint density at radius 2 is 1.79 bits per heavy atom. The first-order valence-corrected chi connectivity index (χ1v) is 11.6. The summed E-state index contributed by atoms with van der Waals surface area (Å²) >= 11 is 6.01. The molecule has 1 aromatic carbocycles. The summed E-state index contributed by atoms with van der Waals surface area (Å²) in [6.07, 6.45) is 1.39. The van der Waals surface area contributed by atoms with E-state index in [2.05, 4.69) is 25.2 Å². The third-order valence-electron chi connectivity index (χ3n) is 5.56. The molecular weight excluding hydrogens is 454 g/mol. The molecule has 34 heavy (non-hydrogen) atoms. The molecule has 3 heterocycles. The van der Waals surface area contributed by atoms with Crippen molar-refractivity contribution in [3.63, 3.8) is 0 Å². The fraction of sp³-hybridized carbons (Fsp3) is 0.417. The molecule has 2 atom stereocenters. The number of carbonyl (C=O) groups excluding carboxylic acids is 1. The van der Waals surface area contributed by atoms with E-state index in [0.717, 1.165) is 24.5 Å². The van der Waals surface area contributed by atoms with Crippen molar-refractivity contribution in [2.45, 2.75) is 52.3 Å². The van der Waals surface area contributed by atoms with E-state index in [-0.39, 0.29) is 24.0 Å². The summed E-state index contributed by atoms with van der Waals surface area (Å²) in [5.74, 6) is 0.654. The highest BCUT2D eigenvalue weighted by Gasteiger charge is 2.35. The first-order chi connectivity index (χ1) is 16.0. The van der Waals surface area contributed by atoms with Crippen molar-refractivity contribution in [1.82, 2.24) is 19.9 Å². The quantitative estimate of drug-likeness (QED) is 0.544. The average molecular weight is 484 g/mol. The number of fused-ring (bicyclic) bond motifs is 1. The minimum Gasteiger partial charge on any atom is -0.444 e. The van der Waals surface area contributed by atoms with Crippen LogP contribution in [0.4, 0.5) is 27.9 Å². The third kappa shape index (κ3) is 5.25. The number of halogens is 1. The maximum Gasteiger partial charge on any atom is 0.410 e. The SMILES string of the molecule is C[C@@H]1CN(c2ccc(Nc3ncc4cc(Cl)c(N)nc4n3)cc2)C[C@H](C)N1C(=O)OC(C)(C)C. The molecule has 10 heteroatoms. The van der Waals surface area contributed by atoms with Gasteiger partial charge in [0.1, 0.15) is 11.4 Å². The Bertz CT molecular complexity index is 1180. The molecule has 1 saturated heterocycles. The number of nitrogens with two attached hydrogens (primary N) is 1. The van der Waals surface area contributed by atoms with Gasteiger partial charge in [0.15, 0.2) is 5.65 Å². The Labute approximate surface area is 204 Å². The van der Waals surface area contributed by atoms with E-state index in [9.17, 15) is 4.79 Å². The topological polar surface area (TPSA) is 109 Å². The summed E-state index contributed by atoms with van der Waals surface area (Å²) < 4.78 is 5.60. The second-order valence-corrected chi connectivity index (χ2v) is 10.0. The minimum atomic E-state index is -0.513. The van der Waals surface area contributed by atoms with Crippen LogP contribution < -0.4 is 16.0 Å². The van der Waals surface area contributed by atoms with Crippen LogP contribution in [0.3, 0.4) is 0 Å². The fourth-order valence-electron chi connectivity index (χ4n) is 4.10. The molecule has 1 amide bonds. The number of anilines is 4. The van der Waals surface area contributed by atoms with Crippen molar-refractivity contribution in [3.8, 4) is 0 Å². The number of hydrogen-bond donors (Lipinski definition) is 2. The van der Waals surface area contributed by atoms with Gasteiger partial charge >= 0.3 is 6.09 Å². The van der Waals surface area contributed by atoms with E-state index in [1.807, 2.05) is 63.8 Å². The molecule has 180 valence electrons. The number of amides is 1. The molecule has 2 aromatic heterocycles. The Morgan fingerprint density at radius 1 is 1.15 bits per heavy atom. The molecule has 0 aliphatic carbocycles. The maximum absolute atomic E-state index is 12.7. The first kappa shape index (κ1) is 23.8. The van der Waals surface area contributed by atoms with E-state index in [4.69, 9.17) is 22.1 Å². The molecular formula is C24H30ClN7O2. The van der Waals surface area contributed by atoms with Gasteiger partial charge in [0.05, 0.1) is 17.1 Å². The van der Waals surface area contributed by atoms with E-state index in [1.165, 1.54) is 0 Å². The van der Waals surface area contributed by atoms with Gasteiger partial charge in [0.25, 0.3) is 0 Å². The van der Waals surface area contributed by atoms with E-state index in [1.54, 1.807) is 12.3 Å². The molecule has 3 N–H and O–H groups in total. The number of aromatic nitrogens is 3. The zero-order valence-corrected chi connectivity index (χ0v) is 20.8. The highest BCUT2D eigenvalue weighted by molar-refractivity contribution is 6.33. The van der Waals surface area contributed by atoms with Gasteiger partial charge in [0.2, 0.25) is 5.95 Å². The maximum atomic E-state index is 12.7. The molecule has 4 rings (SSSR count). The summed E-state index contributed by atoms with van der Waals surface area (Å²) in [6.45, 7) is 11.2. The molecule has 0 radical (unpaired) electrons. The van der Waals surface area contributed by atoms with Gasteiger partial charge in [-0.25, -0.2) is 14.8 Å². The summed E-state index contributed by atoms with van der Waals surface area (Å²) in [5.41, 5.74) is 7.68. The van der Waals surface area contributed by atoms with Crippen LogP contribution in [0.15, 0.2) is 36.5 Å². The Hall–Kier alpha value is -3.33. The van der Waals surface area contributed by atoms with E-state index >= 15 is 0 Å². The summed E-state index contributed by atoms with van der Waals surface area (Å²) in [5, 5.41) is 4.29. The number of benzene rings is 1. The zero-order valence-electron chi connectivity index (χ0n) is 20.0. The Morgan fingerprint density at radius 3 is 2.41 bits per heavy atom. The van der Waals surface area contributed by atoms with Crippen LogP contribution in [-0.4, -0.2) is 56.7 Å². The van der Waals surface area contributed by atoms with Gasteiger partial charge in [-0.1, -0.05) is 11.6 Å². The van der Waals surface area contributed by atoms with Gasteiger partial charge in [-0.15, -0.1) is 0 Å². The molecule has 0 bridgehead atoms. The van der Waals surface area contributed by atoms with Crippen molar-refractivity contribution in [3.05, 3.63) is 41.6 Å². The number of nitrogens with one attached hydrogen (secondary N) is 1. The zero-order chi connectivity index (χ0) is 24.6. The molecule has 0 saturated carbocycles. The van der Waals surface area contributed by atoms with Gasteiger partial charge in [-0.05, 0) is 65.0 Å². The number of pyridine rings is 1. The van der Waals surface area contributed by atoms with Gasteiger partial charge in [-0.3, -0.25) is 4.90 Å². The Kier molecular flexibility index (Phi) is 6.40. The second kappa shape index (κ2) is 9.13. The predicted molar refractivity (Wildman–Crippen MR) is 136 cm³/mol. The van der Waals surface area contributed by atoms with Crippen LogP contribution in [0.25, 0.3) is 11.0 Å². The minimum absolute atomic E-state index is 0.0239. The molecule has 3 aromatic rings. The number of hydrogen-bond acceptors (Lipinski definition) is 8. The lowest BCUT2D eigenvalue weighted by molar-refractivity contribution is 0.00566. The number of nitrogen functional groups attached to an aromatic ring is 1. The first-order valence-electron chi connectivity index (χ1n) is 11.2. The van der Waals surface area contributed by atoms with Gasteiger partial charge < -0.3 is 20.7 Å². The van der Waals surface area contributed by atoms with E-state index < -0.39 is 5.60 Å². The van der Waals surface area contributed by atoms with Crippen LogP contribution >= 0.6 is 11.6 Å². The smallest absolute Gasteiger partial charge is 0.410 e. The van der Waals surface area contributed by atoms with Crippen LogP contribution in [0, 0.1) is 0 Å². The monoisotopic (exact) mass is 483 g/mol. The summed E-state index contributed by atoms with van der Waals surface area (Å²) in [7, 11) is 0. The highest BCUT2D eigenvalue weighted by atomic mass is 35.5. The van der Waals surface area contributed by atoms with Crippen LogP contribution in [0.5, 0.6) is 0 Å². The van der Waals surface area contributed by atoms with Crippen LogP contribution in [0.1, 0.15) is 34.6 Å². The largest absolute Gasteiger partial charge is 0.444 e.